The number of anilines is 1. The third kappa shape index (κ3) is 3.34. The standard InChI is InChI=1S/C23H28BNO4/c1-21(2)19(16-10-8-7-9-11-16)25(20(26)27-21)18-14-12-17(13-15-18)24-28-22(3,4)23(5,6)29-24/h7-15,19H,1-6H3. The third-order valence-electron chi connectivity index (χ3n) is 6.28. The summed E-state index contributed by atoms with van der Waals surface area (Å²) >= 11 is 0. The van der Waals surface area contributed by atoms with E-state index in [1.54, 1.807) is 4.90 Å². The van der Waals surface area contributed by atoms with Gasteiger partial charge in [0.05, 0.1) is 11.2 Å². The van der Waals surface area contributed by atoms with Gasteiger partial charge in [-0.2, -0.15) is 0 Å². The van der Waals surface area contributed by atoms with Gasteiger partial charge >= 0.3 is 13.2 Å². The van der Waals surface area contributed by atoms with Crippen LogP contribution in [0.5, 0.6) is 0 Å². The zero-order valence-corrected chi connectivity index (χ0v) is 17.9. The summed E-state index contributed by atoms with van der Waals surface area (Å²) < 4.78 is 18.0. The maximum atomic E-state index is 12.7. The second-order valence-corrected chi connectivity index (χ2v) is 9.33. The van der Waals surface area contributed by atoms with Crippen molar-refractivity contribution in [1.29, 1.82) is 0 Å². The second kappa shape index (κ2) is 6.61. The maximum absolute atomic E-state index is 12.7. The van der Waals surface area contributed by atoms with Crippen molar-refractivity contribution < 1.29 is 18.8 Å². The highest BCUT2D eigenvalue weighted by Gasteiger charge is 2.52. The fraction of sp³-hybridized carbons (Fsp3) is 0.435. The lowest BCUT2D eigenvalue weighted by Gasteiger charge is -2.32. The fourth-order valence-corrected chi connectivity index (χ4v) is 3.96. The molecule has 2 saturated heterocycles. The Labute approximate surface area is 173 Å². The summed E-state index contributed by atoms with van der Waals surface area (Å²) in [6, 6.07) is 17.5. The lowest BCUT2D eigenvalue weighted by molar-refractivity contribution is 0.00578. The van der Waals surface area contributed by atoms with E-state index < -0.39 is 23.9 Å². The largest absolute Gasteiger partial charge is 0.494 e. The quantitative estimate of drug-likeness (QED) is 0.723. The molecule has 2 aromatic rings. The molecule has 0 N–H and O–H groups in total. The summed E-state index contributed by atoms with van der Waals surface area (Å²) in [6.07, 6.45) is -0.341. The molecule has 4 rings (SSSR count). The summed E-state index contributed by atoms with van der Waals surface area (Å²) in [4.78, 5) is 14.5. The van der Waals surface area contributed by atoms with Crippen LogP contribution in [0.4, 0.5) is 10.5 Å². The van der Waals surface area contributed by atoms with E-state index in [1.807, 2.05) is 96.1 Å². The number of hydrogen-bond acceptors (Lipinski definition) is 4. The van der Waals surface area contributed by atoms with Crippen LogP contribution >= 0.6 is 0 Å². The number of amides is 1. The zero-order valence-electron chi connectivity index (χ0n) is 17.9. The predicted octanol–water partition coefficient (Wildman–Crippen LogP) is 4.46. The van der Waals surface area contributed by atoms with Gasteiger partial charge in [0, 0.05) is 5.69 Å². The smallest absolute Gasteiger partial charge is 0.441 e. The first-order chi connectivity index (χ1) is 13.5. The van der Waals surface area contributed by atoms with E-state index in [0.29, 0.717) is 0 Å². The van der Waals surface area contributed by atoms with Crippen molar-refractivity contribution in [3.63, 3.8) is 0 Å². The van der Waals surface area contributed by atoms with Crippen molar-refractivity contribution in [1.82, 2.24) is 0 Å². The van der Waals surface area contributed by atoms with Crippen molar-refractivity contribution in [2.45, 2.75) is 64.4 Å². The summed E-state index contributed by atoms with van der Waals surface area (Å²) in [5.41, 5.74) is 1.33. The predicted molar refractivity (Wildman–Crippen MR) is 114 cm³/mol. The molecule has 152 valence electrons. The topological polar surface area (TPSA) is 48.0 Å². The molecule has 0 aliphatic carbocycles. The Hall–Kier alpha value is -2.31. The minimum atomic E-state index is -0.636. The molecule has 2 aliphatic rings. The van der Waals surface area contributed by atoms with Crippen LogP contribution in [-0.4, -0.2) is 30.0 Å². The van der Waals surface area contributed by atoms with Gasteiger partial charge in [0.1, 0.15) is 11.6 Å². The molecule has 0 saturated carbocycles. The monoisotopic (exact) mass is 393 g/mol. The first kappa shape index (κ1) is 20.0. The minimum absolute atomic E-state index is 0.209. The number of rotatable bonds is 3. The van der Waals surface area contributed by atoms with Crippen molar-refractivity contribution in [2.24, 2.45) is 0 Å². The average molecular weight is 393 g/mol. The molecule has 2 heterocycles. The number of cyclic esters (lactones) is 1. The number of carbonyl (C=O) groups is 1. The van der Waals surface area contributed by atoms with Crippen LogP contribution in [-0.2, 0) is 14.0 Å². The number of nitrogens with zero attached hydrogens (tertiary/aromatic N) is 1. The lowest BCUT2D eigenvalue weighted by Crippen LogP contribution is -2.41. The number of carbonyl (C=O) groups excluding carboxylic acids is 1. The van der Waals surface area contributed by atoms with Gasteiger partial charge in [0.15, 0.2) is 0 Å². The van der Waals surface area contributed by atoms with Crippen LogP contribution in [0.1, 0.15) is 53.1 Å². The van der Waals surface area contributed by atoms with Crippen molar-refractivity contribution in [3.05, 3.63) is 60.2 Å². The van der Waals surface area contributed by atoms with Crippen LogP contribution in [0, 0.1) is 0 Å². The normalized spacial score (nSPS) is 24.6. The summed E-state index contributed by atoms with van der Waals surface area (Å²) in [5.74, 6) is 0. The van der Waals surface area contributed by atoms with Gasteiger partial charge in [-0.1, -0.05) is 42.5 Å². The van der Waals surface area contributed by atoms with Crippen LogP contribution in [0.2, 0.25) is 0 Å². The van der Waals surface area contributed by atoms with Crippen LogP contribution in [0.15, 0.2) is 54.6 Å². The molecular formula is C23H28BNO4. The molecule has 1 unspecified atom stereocenters. The Morgan fingerprint density at radius 1 is 0.828 bits per heavy atom. The summed E-state index contributed by atoms with van der Waals surface area (Å²) in [5, 5.41) is 0. The molecule has 1 atom stereocenters. The summed E-state index contributed by atoms with van der Waals surface area (Å²) in [6.45, 7) is 12.0. The SMILES string of the molecule is CC1(C)OC(=O)N(c2ccc(B3OC(C)(C)C(C)(C)O3)cc2)C1c1ccccc1. The highest BCUT2D eigenvalue weighted by Crippen LogP contribution is 2.43. The van der Waals surface area contributed by atoms with Gasteiger partial charge < -0.3 is 14.0 Å². The minimum Gasteiger partial charge on any atom is -0.441 e. The van der Waals surface area contributed by atoms with Crippen molar-refractivity contribution in [2.75, 3.05) is 4.90 Å². The van der Waals surface area contributed by atoms with E-state index in [9.17, 15) is 4.79 Å². The third-order valence-corrected chi connectivity index (χ3v) is 6.28. The Kier molecular flexibility index (Phi) is 4.55. The second-order valence-electron chi connectivity index (χ2n) is 9.33. The molecule has 2 aliphatic heterocycles. The van der Waals surface area contributed by atoms with Crippen LogP contribution < -0.4 is 10.4 Å². The molecule has 0 radical (unpaired) electrons. The zero-order chi connectivity index (χ0) is 21.0. The van der Waals surface area contributed by atoms with E-state index in [2.05, 4.69) is 0 Å². The number of ether oxygens (including phenoxy) is 1. The Bertz CT molecular complexity index is 892. The van der Waals surface area contributed by atoms with E-state index in [4.69, 9.17) is 14.0 Å². The lowest BCUT2D eigenvalue weighted by atomic mass is 9.79. The molecule has 0 aromatic heterocycles. The molecule has 2 aromatic carbocycles. The van der Waals surface area contributed by atoms with Crippen LogP contribution in [0.3, 0.4) is 0 Å². The van der Waals surface area contributed by atoms with Gasteiger partial charge in [-0.15, -0.1) is 0 Å². The first-order valence-electron chi connectivity index (χ1n) is 10.0. The van der Waals surface area contributed by atoms with E-state index in [1.165, 1.54) is 0 Å². The Balaban J connectivity index is 1.64. The molecule has 0 spiro atoms. The highest BCUT2D eigenvalue weighted by molar-refractivity contribution is 6.62. The number of hydrogen-bond donors (Lipinski definition) is 0. The summed E-state index contributed by atoms with van der Waals surface area (Å²) in [7, 11) is -0.430. The van der Waals surface area contributed by atoms with E-state index >= 15 is 0 Å². The molecule has 6 heteroatoms. The first-order valence-corrected chi connectivity index (χ1v) is 10.0. The molecule has 2 fully saturated rings. The highest BCUT2D eigenvalue weighted by atomic mass is 16.7. The maximum Gasteiger partial charge on any atom is 0.494 e. The average Bonchev–Trinajstić information content (AvgIpc) is 3.02. The molecule has 5 nitrogen and oxygen atoms in total. The fourth-order valence-electron chi connectivity index (χ4n) is 3.96. The van der Waals surface area contributed by atoms with Gasteiger partial charge in [0.25, 0.3) is 0 Å². The van der Waals surface area contributed by atoms with Gasteiger partial charge in [-0.05, 0) is 64.7 Å². The van der Waals surface area contributed by atoms with Crippen LogP contribution in [0.25, 0.3) is 0 Å². The van der Waals surface area contributed by atoms with Gasteiger partial charge in [0.2, 0.25) is 0 Å². The van der Waals surface area contributed by atoms with Crippen molar-refractivity contribution in [3.8, 4) is 0 Å². The molecular weight excluding hydrogens is 365 g/mol. The van der Waals surface area contributed by atoms with E-state index in [0.717, 1.165) is 16.7 Å². The van der Waals surface area contributed by atoms with Crippen molar-refractivity contribution >= 4 is 24.4 Å². The molecule has 29 heavy (non-hydrogen) atoms. The van der Waals surface area contributed by atoms with Gasteiger partial charge in [-0.25, -0.2) is 4.79 Å². The number of benzene rings is 2. The Morgan fingerprint density at radius 2 is 1.38 bits per heavy atom. The molecule has 0 bridgehead atoms. The Morgan fingerprint density at radius 3 is 1.93 bits per heavy atom. The molecule has 1 amide bonds. The van der Waals surface area contributed by atoms with E-state index in [-0.39, 0.29) is 12.1 Å². The van der Waals surface area contributed by atoms with Gasteiger partial charge in [-0.3, -0.25) is 4.90 Å².